The second-order valence-electron chi connectivity index (χ2n) is 14.8. The topological polar surface area (TPSA) is 177 Å². The molecule has 2 unspecified atom stereocenters. The number of nitrogens with zero attached hydrogens (tertiary/aromatic N) is 1. The maximum atomic E-state index is 13.9. The van der Waals surface area contributed by atoms with Crippen molar-refractivity contribution >= 4 is 35.5 Å². The van der Waals surface area contributed by atoms with E-state index < -0.39 is 58.7 Å². The molecule has 48 heavy (non-hydrogen) atoms. The molecule has 278 valence electrons. The fourth-order valence-electron chi connectivity index (χ4n) is 5.54. The summed E-state index contributed by atoms with van der Waals surface area (Å²) < 4.78 is 5.22. The summed E-state index contributed by atoms with van der Waals surface area (Å²) in [5.41, 5.74) is 3.98. The molecule has 2 saturated carbocycles. The number of hydrogen-bond donors (Lipinski definition) is 4. The van der Waals surface area contributed by atoms with Gasteiger partial charge in [0.15, 0.2) is 0 Å². The van der Waals surface area contributed by atoms with Gasteiger partial charge in [0.2, 0.25) is 17.6 Å². The van der Waals surface area contributed by atoms with E-state index in [2.05, 4.69) is 50.6 Å². The van der Waals surface area contributed by atoms with Crippen LogP contribution in [0.25, 0.3) is 0 Å². The molecule has 1 heterocycles. The van der Waals surface area contributed by atoms with Crippen LogP contribution >= 0.6 is 0 Å². The van der Waals surface area contributed by atoms with Crippen molar-refractivity contribution in [1.82, 2.24) is 20.9 Å². The molecule has 0 aromatic heterocycles. The van der Waals surface area contributed by atoms with Crippen LogP contribution in [0.3, 0.4) is 0 Å². The Morgan fingerprint density at radius 2 is 1.44 bits per heavy atom. The normalized spacial score (nSPS) is 19.1. The largest absolute Gasteiger partial charge is 0.459 e. The number of ether oxygens (including phenoxy) is 1. The van der Waals surface area contributed by atoms with Gasteiger partial charge in [0.1, 0.15) is 24.2 Å². The van der Waals surface area contributed by atoms with Gasteiger partial charge in [-0.25, -0.2) is 4.79 Å². The monoisotopic (exact) mass is 682 g/mol. The average Bonchev–Trinajstić information content (AvgIpc) is 3.46. The minimum atomic E-state index is -1.10. The zero-order chi connectivity index (χ0) is 37.2. The fraction of sp³-hybridized carbons (Fsp3) is 0.833. The molecule has 1 aliphatic heterocycles. The minimum Gasteiger partial charge on any atom is -0.459 e. The van der Waals surface area contributed by atoms with E-state index in [1.807, 2.05) is 20.8 Å². The summed E-state index contributed by atoms with van der Waals surface area (Å²) in [6.07, 6.45) is 7.67. The predicted octanol–water partition coefficient (Wildman–Crippen LogP) is 5.01. The van der Waals surface area contributed by atoms with Crippen LogP contribution in [-0.4, -0.2) is 77.2 Å². The molecule has 3 aliphatic rings. The lowest BCUT2D eigenvalue weighted by Crippen LogP contribution is -2.60. The zero-order valence-electron chi connectivity index (χ0n) is 31.8. The van der Waals surface area contributed by atoms with E-state index in [-0.39, 0.29) is 18.4 Å². The van der Waals surface area contributed by atoms with E-state index >= 15 is 0 Å². The Labute approximate surface area is 289 Å². The van der Waals surface area contributed by atoms with Crippen molar-refractivity contribution in [3.8, 4) is 0 Å². The van der Waals surface area contributed by atoms with Crippen molar-refractivity contribution in [1.29, 1.82) is 0 Å². The Morgan fingerprint density at radius 3 is 1.90 bits per heavy atom. The summed E-state index contributed by atoms with van der Waals surface area (Å²) in [5.74, 6) is -2.35. The van der Waals surface area contributed by atoms with E-state index in [1.165, 1.54) is 11.3 Å². The third-order valence-electron chi connectivity index (χ3n) is 7.76. The quantitative estimate of drug-likeness (QED) is 0.175. The van der Waals surface area contributed by atoms with Gasteiger partial charge in [-0.3, -0.25) is 24.0 Å². The minimum absolute atomic E-state index is 0.259. The van der Waals surface area contributed by atoms with E-state index in [0.717, 1.165) is 44.4 Å². The van der Waals surface area contributed by atoms with Gasteiger partial charge in [0.05, 0.1) is 6.04 Å². The van der Waals surface area contributed by atoms with Gasteiger partial charge in [-0.2, -0.15) is 0 Å². The molecule has 3 rings (SSSR count). The Balaban J connectivity index is 0.00000220. The summed E-state index contributed by atoms with van der Waals surface area (Å²) in [6.45, 7) is 21.8. The number of urea groups is 1. The third kappa shape index (κ3) is 16.8. The van der Waals surface area contributed by atoms with Gasteiger partial charge < -0.3 is 31.3 Å². The number of nitrogens with one attached hydrogen (secondary N) is 3. The van der Waals surface area contributed by atoms with Gasteiger partial charge in [0, 0.05) is 6.54 Å². The number of rotatable bonds is 11. The van der Waals surface area contributed by atoms with E-state index in [1.54, 1.807) is 20.8 Å². The van der Waals surface area contributed by atoms with E-state index in [9.17, 15) is 28.8 Å². The lowest BCUT2D eigenvalue weighted by atomic mass is 9.79. The first-order chi connectivity index (χ1) is 22.3. The Kier molecular flexibility index (Phi) is 20.3. The summed E-state index contributed by atoms with van der Waals surface area (Å²) >= 11 is 0. The zero-order valence-corrected chi connectivity index (χ0v) is 31.8. The highest BCUT2D eigenvalue weighted by molar-refractivity contribution is 6.37. The molecule has 12 heteroatoms. The van der Waals surface area contributed by atoms with Crippen LogP contribution in [0.2, 0.25) is 0 Å². The first-order valence-corrected chi connectivity index (χ1v) is 18.1. The molecule has 3 atom stereocenters. The number of esters is 1. The highest BCUT2D eigenvalue weighted by Crippen LogP contribution is 2.42. The number of carbonyl (C=O) groups is 6. The number of primary amides is 1. The van der Waals surface area contributed by atoms with Crippen LogP contribution in [0.15, 0.2) is 0 Å². The van der Waals surface area contributed by atoms with Crippen LogP contribution in [0.4, 0.5) is 4.79 Å². The standard InChI is InChI=1S/C27H43N5O7.C4H10.C3H8.C2H6/c1-26(2,3)39-19(33)15-29-25(38)31-21(27(4)11-5-6-12-27)24(37)32-13-7-8-18(32)23(36)30-17(14-16-9-10-16)20(34)22(28)35;1-4(2)3;1-3-2;1-2/h16-18,21H,5-15H2,1-4H3,(H2,28,35)(H,30,36)(H2,29,31,38);4H,1-3H3;3H2,1-2H3;1-2H3/t17?,18-,21?;;;/m0.../s1. The molecular formula is C36H67N5O7. The van der Waals surface area contributed by atoms with Crippen molar-refractivity contribution in [2.45, 2.75) is 164 Å². The number of amides is 5. The number of nitrogens with two attached hydrogens (primary N) is 1. The molecule has 5 N–H and O–H groups in total. The van der Waals surface area contributed by atoms with Gasteiger partial charge in [-0.15, -0.1) is 0 Å². The Bertz CT molecular complexity index is 1040. The maximum absolute atomic E-state index is 13.9. The molecule has 5 amide bonds. The maximum Gasteiger partial charge on any atom is 0.325 e. The van der Waals surface area contributed by atoms with Crippen molar-refractivity contribution in [3.05, 3.63) is 0 Å². The van der Waals surface area contributed by atoms with Crippen molar-refractivity contribution in [3.63, 3.8) is 0 Å². The van der Waals surface area contributed by atoms with Gasteiger partial charge >= 0.3 is 12.0 Å². The molecule has 12 nitrogen and oxygen atoms in total. The van der Waals surface area contributed by atoms with Crippen LogP contribution in [0.5, 0.6) is 0 Å². The summed E-state index contributed by atoms with van der Waals surface area (Å²) in [4.78, 5) is 77.3. The van der Waals surface area contributed by atoms with E-state index in [4.69, 9.17) is 10.5 Å². The number of hydrogen-bond acceptors (Lipinski definition) is 7. The van der Waals surface area contributed by atoms with Gasteiger partial charge in [0.25, 0.3) is 5.91 Å². The number of ketones is 1. The average molecular weight is 682 g/mol. The predicted molar refractivity (Wildman–Crippen MR) is 189 cm³/mol. The van der Waals surface area contributed by atoms with E-state index in [0.29, 0.717) is 25.8 Å². The fourth-order valence-corrected chi connectivity index (χ4v) is 5.54. The molecule has 0 bridgehead atoms. The highest BCUT2D eigenvalue weighted by atomic mass is 16.6. The lowest BCUT2D eigenvalue weighted by molar-refractivity contribution is -0.153. The van der Waals surface area contributed by atoms with Gasteiger partial charge in [-0.1, -0.05) is 87.5 Å². The summed E-state index contributed by atoms with van der Waals surface area (Å²) in [7, 11) is 0. The number of likely N-dealkylation sites (tertiary alicyclic amines) is 1. The molecular weight excluding hydrogens is 614 g/mol. The highest BCUT2D eigenvalue weighted by Gasteiger charge is 2.47. The first kappa shape index (κ1) is 44.8. The smallest absolute Gasteiger partial charge is 0.325 e. The van der Waals surface area contributed by atoms with Crippen molar-refractivity contribution in [2.75, 3.05) is 13.1 Å². The molecule has 2 aliphatic carbocycles. The number of Topliss-reactive ketones (excluding diaryl/α,β-unsaturated/α-hetero) is 1. The Morgan fingerprint density at radius 1 is 0.917 bits per heavy atom. The molecule has 0 aromatic rings. The Hall–Kier alpha value is -3.18. The lowest BCUT2D eigenvalue weighted by Gasteiger charge is -2.37. The van der Waals surface area contributed by atoms with Gasteiger partial charge in [-0.05, 0) is 70.1 Å². The molecule has 1 saturated heterocycles. The van der Waals surface area contributed by atoms with Crippen LogP contribution in [0, 0.1) is 17.3 Å². The van der Waals surface area contributed by atoms with Crippen molar-refractivity contribution < 1.29 is 33.5 Å². The third-order valence-corrected chi connectivity index (χ3v) is 7.76. The molecule has 0 spiro atoms. The SMILES string of the molecule is CC.CC(C)(C)OC(=O)CNC(=O)NC(C(=O)N1CCC[C@H]1C(=O)NC(CC1CC1)C(=O)C(N)=O)C1(C)CCCC1.CC(C)C.CCC. The second kappa shape index (κ2) is 21.7. The molecule has 0 aromatic carbocycles. The summed E-state index contributed by atoms with van der Waals surface area (Å²) in [6, 6.07) is -3.44. The number of carbonyl (C=O) groups excluding carboxylic acids is 6. The molecule has 0 radical (unpaired) electrons. The second-order valence-corrected chi connectivity index (χ2v) is 14.8. The van der Waals surface area contributed by atoms with Crippen LogP contribution in [0.1, 0.15) is 140 Å². The van der Waals surface area contributed by atoms with Crippen LogP contribution < -0.4 is 21.7 Å². The molecule has 3 fully saturated rings. The van der Waals surface area contributed by atoms with Crippen molar-refractivity contribution in [2.24, 2.45) is 23.0 Å². The van der Waals surface area contributed by atoms with Crippen LogP contribution in [-0.2, 0) is 28.7 Å². The first-order valence-electron chi connectivity index (χ1n) is 18.1. The summed E-state index contributed by atoms with van der Waals surface area (Å²) in [5, 5.41) is 7.91.